The van der Waals surface area contributed by atoms with E-state index in [0.717, 1.165) is 0 Å². The highest BCUT2D eigenvalue weighted by Crippen LogP contribution is 2.39. The maximum absolute atomic E-state index is 13.9. The van der Waals surface area contributed by atoms with Crippen LogP contribution >= 0.6 is 23.2 Å². The third kappa shape index (κ3) is 23.4. The van der Waals surface area contributed by atoms with Crippen LogP contribution in [0.5, 0.6) is 23.0 Å². The van der Waals surface area contributed by atoms with Crippen molar-refractivity contribution in [3.05, 3.63) is 129 Å². The van der Waals surface area contributed by atoms with E-state index < -0.39 is 69.5 Å². The molecule has 27 nitrogen and oxygen atoms in total. The fraction of sp³-hybridized carbons (Fsp3) is 0.302. The average molecular weight is 1310 g/mol. The minimum absolute atomic E-state index is 0.0175. The van der Waals surface area contributed by atoms with Crippen molar-refractivity contribution in [3.63, 3.8) is 0 Å². The number of carbonyl (C=O) groups is 1. The lowest BCUT2D eigenvalue weighted by Gasteiger charge is -2.17. The molecule has 0 heterocycles. The van der Waals surface area contributed by atoms with E-state index in [9.17, 15) is 47.6 Å². The van der Waals surface area contributed by atoms with E-state index in [4.69, 9.17) is 51.3 Å². The predicted octanol–water partition coefficient (Wildman–Crippen LogP) is 14.2. The first-order valence-electron chi connectivity index (χ1n) is 25.6. The summed E-state index contributed by atoms with van der Waals surface area (Å²) < 4.78 is 150. The summed E-state index contributed by atoms with van der Waals surface area (Å²) in [6.45, 7) is 6.38. The Bertz CT molecular complexity index is 3790. The number of hydrogen-bond donors (Lipinski definition) is 6. The first kappa shape index (κ1) is 67.5. The molecule has 0 saturated carbocycles. The standard InChI is InChI=1S/C53H58Cl2N10O17S4/c1-33-25-39(11-15-41(33)60-62-43-13-9-37(54)29-49(43)79-17-5-21-83(67,68)69)58-64-45-31-51(81-19-7-23-85(73,74)75)47(27-35(45)3)56-53(66)57-48-28-36(4)46(32-52(48)82-20-8-24-86(76,77)78)65-59-40-12-16-42(34(2)26-40)61-63-44-14-10-38(55)30-50(44)80-18-6-22-84(70,71)72/h9-16,25-32H,5-8,17-24H2,1-4H3,(H2,56,57,66)(H,67,68,69)(H,70,71,72)(H,73,74,75)(H,76,77,78)/b62-60+,63-61?,64-58?,65-59+. The number of carbonyl (C=O) groups excluding carboxylic acids is 1. The summed E-state index contributed by atoms with van der Waals surface area (Å²) in [6.07, 6.45) is -0.222. The molecule has 6 aromatic rings. The molecule has 86 heavy (non-hydrogen) atoms. The van der Waals surface area contributed by atoms with Crippen LogP contribution in [0.15, 0.2) is 138 Å². The maximum atomic E-state index is 13.9. The van der Waals surface area contributed by atoms with Gasteiger partial charge in [0, 0.05) is 34.3 Å². The number of ether oxygens (including phenoxy) is 4. The van der Waals surface area contributed by atoms with E-state index in [1.165, 1.54) is 36.4 Å². The Morgan fingerprint density at radius 2 is 0.674 bits per heavy atom. The average Bonchev–Trinajstić information content (AvgIpc) is 1.70. The minimum atomic E-state index is -4.33. The van der Waals surface area contributed by atoms with E-state index in [0.29, 0.717) is 66.4 Å². The van der Waals surface area contributed by atoms with Crippen LogP contribution in [0.25, 0.3) is 0 Å². The van der Waals surface area contributed by atoms with Crippen molar-refractivity contribution in [2.45, 2.75) is 53.4 Å². The molecule has 0 fully saturated rings. The van der Waals surface area contributed by atoms with Gasteiger partial charge in [-0.25, -0.2) is 4.79 Å². The van der Waals surface area contributed by atoms with Crippen molar-refractivity contribution < 1.29 is 75.6 Å². The zero-order chi connectivity index (χ0) is 62.8. The van der Waals surface area contributed by atoms with E-state index in [-0.39, 0.29) is 97.9 Å². The molecule has 33 heteroatoms. The normalized spacial score (nSPS) is 12.4. The highest BCUT2D eigenvalue weighted by molar-refractivity contribution is 7.86. The number of anilines is 2. The van der Waals surface area contributed by atoms with Crippen LogP contribution in [0.1, 0.15) is 47.9 Å². The Morgan fingerprint density at radius 1 is 0.384 bits per heavy atom. The van der Waals surface area contributed by atoms with Gasteiger partial charge >= 0.3 is 6.03 Å². The van der Waals surface area contributed by atoms with Crippen LogP contribution in [-0.4, -0.2) is 107 Å². The summed E-state index contributed by atoms with van der Waals surface area (Å²) >= 11 is 12.3. The second-order valence-corrected chi connectivity index (χ2v) is 25.9. The second kappa shape index (κ2) is 30.7. The van der Waals surface area contributed by atoms with Crippen LogP contribution in [0.3, 0.4) is 0 Å². The number of rotatable bonds is 30. The quantitative estimate of drug-likeness (QED) is 0.0139. The monoisotopic (exact) mass is 1300 g/mol. The van der Waals surface area contributed by atoms with Gasteiger partial charge < -0.3 is 29.6 Å². The molecule has 0 saturated heterocycles. The van der Waals surface area contributed by atoms with Gasteiger partial charge in [-0.1, -0.05) is 23.2 Å². The molecule has 6 N–H and O–H groups in total. The molecule has 0 spiro atoms. The third-order valence-corrected chi connectivity index (χ3v) is 15.3. The number of halogens is 2. The van der Waals surface area contributed by atoms with Gasteiger partial charge in [-0.3, -0.25) is 18.2 Å². The van der Waals surface area contributed by atoms with Crippen molar-refractivity contribution in [1.29, 1.82) is 0 Å². The molecule has 2 amide bonds. The van der Waals surface area contributed by atoms with Gasteiger partial charge in [0.15, 0.2) is 0 Å². The van der Waals surface area contributed by atoms with Crippen LogP contribution in [-0.2, 0) is 40.5 Å². The molecule has 0 bridgehead atoms. The smallest absolute Gasteiger partial charge is 0.323 e. The van der Waals surface area contributed by atoms with E-state index in [1.54, 1.807) is 88.4 Å². The number of amides is 2. The molecular formula is C53H58Cl2N10O17S4. The van der Waals surface area contributed by atoms with Crippen molar-refractivity contribution in [2.75, 3.05) is 60.1 Å². The Kier molecular flexibility index (Phi) is 24.1. The zero-order valence-corrected chi connectivity index (χ0v) is 51.1. The Labute approximate surface area is 506 Å². The molecule has 6 rings (SSSR count). The lowest BCUT2D eigenvalue weighted by atomic mass is 10.1. The van der Waals surface area contributed by atoms with Crippen molar-refractivity contribution in [3.8, 4) is 23.0 Å². The number of aryl methyl sites for hydroxylation is 4. The van der Waals surface area contributed by atoms with Gasteiger partial charge in [0.25, 0.3) is 40.5 Å². The first-order valence-corrected chi connectivity index (χ1v) is 32.8. The van der Waals surface area contributed by atoms with E-state index >= 15 is 0 Å². The van der Waals surface area contributed by atoms with E-state index in [1.807, 2.05) is 0 Å². The molecule has 0 unspecified atom stereocenters. The summed E-state index contributed by atoms with van der Waals surface area (Å²) in [5.41, 5.74) is 5.46. The summed E-state index contributed by atoms with van der Waals surface area (Å²) in [5.74, 6) is -1.64. The van der Waals surface area contributed by atoms with E-state index in [2.05, 4.69) is 51.5 Å². The largest absolute Gasteiger partial charge is 0.491 e. The molecule has 6 aromatic carbocycles. The van der Waals surface area contributed by atoms with Crippen molar-refractivity contribution in [2.24, 2.45) is 40.9 Å². The van der Waals surface area contributed by atoms with Gasteiger partial charge in [0.05, 0.1) is 94.9 Å². The fourth-order valence-electron chi connectivity index (χ4n) is 7.41. The van der Waals surface area contributed by atoms with Gasteiger partial charge in [-0.05, 0) is 148 Å². The van der Waals surface area contributed by atoms with Crippen LogP contribution < -0.4 is 29.6 Å². The Balaban J connectivity index is 1.19. The fourth-order valence-corrected chi connectivity index (χ4v) is 9.67. The summed E-state index contributed by atoms with van der Waals surface area (Å²) in [6, 6.07) is 24.4. The molecule has 0 aliphatic heterocycles. The topological polar surface area (TPSA) is 394 Å². The zero-order valence-electron chi connectivity index (χ0n) is 46.3. The second-order valence-electron chi connectivity index (χ2n) is 18.8. The summed E-state index contributed by atoms with van der Waals surface area (Å²) in [5, 5.41) is 41.0. The highest BCUT2D eigenvalue weighted by atomic mass is 35.5. The van der Waals surface area contributed by atoms with Gasteiger partial charge in [-0.2, -0.15) is 64.4 Å². The number of urea groups is 1. The molecule has 0 aromatic heterocycles. The lowest BCUT2D eigenvalue weighted by Crippen LogP contribution is -2.21. The number of nitrogens with zero attached hydrogens (tertiary/aromatic N) is 8. The number of benzene rings is 6. The number of azo groups is 4. The third-order valence-electron chi connectivity index (χ3n) is 11.6. The van der Waals surface area contributed by atoms with Crippen LogP contribution in [0, 0.1) is 27.7 Å². The molecule has 0 atom stereocenters. The highest BCUT2D eigenvalue weighted by Gasteiger charge is 2.18. The van der Waals surface area contributed by atoms with Crippen molar-refractivity contribution in [1.82, 2.24) is 0 Å². The Morgan fingerprint density at radius 3 is 1.00 bits per heavy atom. The van der Waals surface area contributed by atoms with Crippen molar-refractivity contribution >= 4 is 127 Å². The van der Waals surface area contributed by atoms with Crippen LogP contribution in [0.4, 0.5) is 61.7 Å². The van der Waals surface area contributed by atoms with Gasteiger partial charge in [-0.15, -0.1) is 10.2 Å². The summed E-state index contributed by atoms with van der Waals surface area (Å²) in [4.78, 5) is 13.9. The first-order chi connectivity index (χ1) is 40.5. The molecule has 0 aliphatic rings. The number of nitrogens with one attached hydrogen (secondary N) is 2. The predicted molar refractivity (Wildman–Crippen MR) is 323 cm³/mol. The number of hydrogen-bond acceptors (Lipinski definition) is 21. The summed E-state index contributed by atoms with van der Waals surface area (Å²) in [7, 11) is -17.0. The Hall–Kier alpha value is -7.59. The van der Waals surface area contributed by atoms with Crippen LogP contribution in [0.2, 0.25) is 10.0 Å². The minimum Gasteiger partial charge on any atom is -0.491 e. The molecule has 0 radical (unpaired) electrons. The molecular weight excluding hydrogens is 1250 g/mol. The molecule has 0 aliphatic carbocycles. The maximum Gasteiger partial charge on any atom is 0.323 e. The lowest BCUT2D eigenvalue weighted by molar-refractivity contribution is 0.261. The van der Waals surface area contributed by atoms with Gasteiger partial charge in [0.2, 0.25) is 0 Å². The molecule has 460 valence electrons. The van der Waals surface area contributed by atoms with Gasteiger partial charge in [0.1, 0.15) is 34.4 Å². The SMILES string of the molecule is Cc1cc(NC(=O)Nc2cc(C)c(/N=N/c3ccc(N=Nc4ccc(Cl)cc4OCCCS(=O)(=O)O)c(C)c3)cc2OCCCS(=O)(=O)O)c(OCCCS(=O)(=O)O)cc1N=Nc1ccc(/N=N/c2ccc(Cl)cc2OCCCS(=O)(=O)O)c(C)c1.